The van der Waals surface area contributed by atoms with E-state index < -0.39 is 16.0 Å². The summed E-state index contributed by atoms with van der Waals surface area (Å²) in [6.45, 7) is -0.941. The SMILES string of the molecule is O=C(O)Cc1ccc(S(=O)(=O)N(CCO)CCO)s1. The van der Waals surface area contributed by atoms with Crippen LogP contribution in [0.5, 0.6) is 0 Å². The number of nitrogens with zero attached hydrogens (tertiary/aromatic N) is 1. The van der Waals surface area contributed by atoms with Crippen LogP contribution in [0.2, 0.25) is 0 Å². The predicted octanol–water partition coefficient (Wildman–Crippen LogP) is -0.649. The van der Waals surface area contributed by atoms with E-state index in [9.17, 15) is 13.2 Å². The summed E-state index contributed by atoms with van der Waals surface area (Å²) in [5.74, 6) is -1.03. The molecule has 19 heavy (non-hydrogen) atoms. The number of aliphatic hydroxyl groups excluding tert-OH is 2. The predicted molar refractivity (Wildman–Crippen MR) is 68.6 cm³/mol. The Morgan fingerprint density at radius 1 is 1.21 bits per heavy atom. The number of aliphatic carboxylic acids is 1. The third-order valence-electron chi connectivity index (χ3n) is 2.26. The molecule has 1 rings (SSSR count). The molecule has 0 unspecified atom stereocenters. The molecular weight excluding hydrogens is 294 g/mol. The molecule has 9 heteroatoms. The van der Waals surface area contributed by atoms with Crippen LogP contribution < -0.4 is 0 Å². The van der Waals surface area contributed by atoms with Crippen LogP contribution in [0.25, 0.3) is 0 Å². The molecular formula is C10H15NO6S2. The van der Waals surface area contributed by atoms with Crippen LogP contribution in [0.1, 0.15) is 4.88 Å². The number of thiophene rings is 1. The summed E-state index contributed by atoms with van der Waals surface area (Å²) >= 11 is 0.874. The molecule has 0 radical (unpaired) electrons. The van der Waals surface area contributed by atoms with Gasteiger partial charge in [0.2, 0.25) is 0 Å². The number of rotatable bonds is 8. The zero-order valence-corrected chi connectivity index (χ0v) is 11.7. The standard InChI is InChI=1S/C10H15NO6S2/c12-5-3-11(4-6-13)19(16,17)10-2-1-8(18-10)7-9(14)15/h1-2,12-13H,3-7H2,(H,14,15). The van der Waals surface area contributed by atoms with Crippen molar-refractivity contribution in [1.29, 1.82) is 0 Å². The second kappa shape index (κ2) is 6.96. The van der Waals surface area contributed by atoms with Gasteiger partial charge in [0.25, 0.3) is 10.0 Å². The molecule has 0 spiro atoms. The van der Waals surface area contributed by atoms with Gasteiger partial charge in [0, 0.05) is 18.0 Å². The van der Waals surface area contributed by atoms with E-state index in [1.807, 2.05) is 0 Å². The first-order valence-corrected chi connectivity index (χ1v) is 7.70. The molecule has 0 saturated carbocycles. The lowest BCUT2D eigenvalue weighted by Crippen LogP contribution is -2.35. The molecule has 108 valence electrons. The van der Waals surface area contributed by atoms with Crippen LogP contribution in [0, 0.1) is 0 Å². The zero-order chi connectivity index (χ0) is 14.5. The molecule has 3 N–H and O–H groups in total. The Hall–Kier alpha value is -1.00. The smallest absolute Gasteiger partial charge is 0.308 e. The molecule has 1 aromatic rings. The van der Waals surface area contributed by atoms with E-state index in [0.717, 1.165) is 15.6 Å². The molecule has 7 nitrogen and oxygen atoms in total. The lowest BCUT2D eigenvalue weighted by atomic mass is 10.3. The molecule has 0 amide bonds. The molecule has 0 aliphatic rings. The first-order valence-electron chi connectivity index (χ1n) is 5.44. The van der Waals surface area contributed by atoms with Gasteiger partial charge in [-0.05, 0) is 12.1 Å². The van der Waals surface area contributed by atoms with E-state index in [-0.39, 0.29) is 36.9 Å². The Labute approximate surface area is 114 Å². The Morgan fingerprint density at radius 3 is 2.26 bits per heavy atom. The first-order chi connectivity index (χ1) is 8.91. The number of aliphatic hydroxyl groups is 2. The molecule has 0 aromatic carbocycles. The quantitative estimate of drug-likeness (QED) is 0.588. The maximum absolute atomic E-state index is 12.2. The van der Waals surface area contributed by atoms with Crippen LogP contribution in [0.3, 0.4) is 0 Å². The average Bonchev–Trinajstić information content (AvgIpc) is 2.77. The topological polar surface area (TPSA) is 115 Å². The van der Waals surface area contributed by atoms with E-state index >= 15 is 0 Å². The van der Waals surface area contributed by atoms with Crippen molar-refractivity contribution < 1.29 is 28.5 Å². The molecule has 0 saturated heterocycles. The monoisotopic (exact) mass is 309 g/mol. The van der Waals surface area contributed by atoms with Crippen LogP contribution in [-0.4, -0.2) is 60.3 Å². The Bertz CT molecular complexity index is 518. The van der Waals surface area contributed by atoms with Crippen molar-refractivity contribution in [2.45, 2.75) is 10.6 Å². The van der Waals surface area contributed by atoms with Crippen molar-refractivity contribution in [3.05, 3.63) is 17.0 Å². The Balaban J connectivity index is 2.97. The summed E-state index contributed by atoms with van der Waals surface area (Å²) < 4.78 is 25.3. The van der Waals surface area contributed by atoms with Crippen molar-refractivity contribution in [2.24, 2.45) is 0 Å². The normalized spacial score (nSPS) is 11.9. The largest absolute Gasteiger partial charge is 0.481 e. The number of carboxylic acids is 1. The number of sulfonamides is 1. The van der Waals surface area contributed by atoms with Crippen LogP contribution in [0.15, 0.2) is 16.3 Å². The zero-order valence-electron chi connectivity index (χ0n) is 10.0. The molecule has 0 aliphatic carbocycles. The van der Waals surface area contributed by atoms with Crippen molar-refractivity contribution in [1.82, 2.24) is 4.31 Å². The maximum Gasteiger partial charge on any atom is 0.308 e. The molecule has 0 atom stereocenters. The molecule has 1 heterocycles. The van der Waals surface area contributed by atoms with Crippen LogP contribution in [-0.2, 0) is 21.2 Å². The van der Waals surface area contributed by atoms with Gasteiger partial charge in [-0.1, -0.05) is 0 Å². The summed E-state index contributed by atoms with van der Waals surface area (Å²) in [7, 11) is -3.80. The van der Waals surface area contributed by atoms with E-state index in [2.05, 4.69) is 0 Å². The first kappa shape index (κ1) is 16.1. The fraction of sp³-hybridized carbons (Fsp3) is 0.500. The van der Waals surface area contributed by atoms with Gasteiger partial charge in [-0.15, -0.1) is 11.3 Å². The number of hydrogen-bond acceptors (Lipinski definition) is 6. The van der Waals surface area contributed by atoms with Crippen molar-refractivity contribution in [3.8, 4) is 0 Å². The van der Waals surface area contributed by atoms with E-state index in [1.165, 1.54) is 12.1 Å². The second-order valence-corrected chi connectivity index (χ2v) is 6.98. The van der Waals surface area contributed by atoms with Crippen LogP contribution in [0.4, 0.5) is 0 Å². The fourth-order valence-electron chi connectivity index (χ4n) is 1.44. The minimum absolute atomic E-state index is 0.00523. The molecule has 1 aromatic heterocycles. The van der Waals surface area contributed by atoms with Gasteiger partial charge in [-0.3, -0.25) is 4.79 Å². The molecule has 0 aliphatic heterocycles. The number of carboxylic acid groups (broad SMARTS) is 1. The van der Waals surface area contributed by atoms with Gasteiger partial charge in [0.05, 0.1) is 19.6 Å². The highest BCUT2D eigenvalue weighted by Gasteiger charge is 2.25. The number of carbonyl (C=O) groups is 1. The highest BCUT2D eigenvalue weighted by molar-refractivity contribution is 7.91. The fourth-order valence-corrected chi connectivity index (χ4v) is 4.37. The van der Waals surface area contributed by atoms with Gasteiger partial charge < -0.3 is 15.3 Å². The van der Waals surface area contributed by atoms with Crippen LogP contribution >= 0.6 is 11.3 Å². The lowest BCUT2D eigenvalue weighted by molar-refractivity contribution is -0.136. The summed E-state index contributed by atoms with van der Waals surface area (Å²) in [4.78, 5) is 11.0. The minimum Gasteiger partial charge on any atom is -0.481 e. The van der Waals surface area contributed by atoms with Gasteiger partial charge in [0.1, 0.15) is 4.21 Å². The van der Waals surface area contributed by atoms with Gasteiger partial charge in [0.15, 0.2) is 0 Å². The maximum atomic E-state index is 12.2. The highest BCUT2D eigenvalue weighted by Crippen LogP contribution is 2.25. The molecule has 0 bridgehead atoms. The van der Waals surface area contributed by atoms with Gasteiger partial charge >= 0.3 is 5.97 Å². The van der Waals surface area contributed by atoms with Crippen molar-refractivity contribution in [2.75, 3.05) is 26.3 Å². The summed E-state index contributed by atoms with van der Waals surface area (Å²) in [5.41, 5.74) is 0. The average molecular weight is 309 g/mol. The summed E-state index contributed by atoms with van der Waals surface area (Å²) in [5, 5.41) is 26.3. The van der Waals surface area contributed by atoms with E-state index in [1.54, 1.807) is 0 Å². The summed E-state index contributed by atoms with van der Waals surface area (Å²) in [6, 6.07) is 2.78. The van der Waals surface area contributed by atoms with Crippen molar-refractivity contribution in [3.63, 3.8) is 0 Å². The van der Waals surface area contributed by atoms with E-state index in [0.29, 0.717) is 4.88 Å². The second-order valence-electron chi connectivity index (χ2n) is 3.64. The van der Waals surface area contributed by atoms with Gasteiger partial charge in [-0.25, -0.2) is 8.42 Å². The third-order valence-corrected chi connectivity index (χ3v) is 5.71. The Kier molecular flexibility index (Phi) is 5.88. The lowest BCUT2D eigenvalue weighted by Gasteiger charge is -2.18. The third kappa shape index (κ3) is 4.25. The summed E-state index contributed by atoms with van der Waals surface area (Å²) in [6.07, 6.45) is -0.236. The van der Waals surface area contributed by atoms with Crippen molar-refractivity contribution >= 4 is 27.3 Å². The minimum atomic E-state index is -3.80. The Morgan fingerprint density at radius 2 is 1.79 bits per heavy atom. The van der Waals surface area contributed by atoms with Gasteiger partial charge in [-0.2, -0.15) is 4.31 Å². The number of hydrogen-bond donors (Lipinski definition) is 3. The van der Waals surface area contributed by atoms with E-state index in [4.69, 9.17) is 15.3 Å². The highest BCUT2D eigenvalue weighted by atomic mass is 32.2. The molecule has 0 fully saturated rings.